The van der Waals surface area contributed by atoms with E-state index in [2.05, 4.69) is 0 Å². The number of benzene rings is 4. The van der Waals surface area contributed by atoms with Crippen molar-refractivity contribution < 1.29 is 19.1 Å². The zero-order valence-electron chi connectivity index (χ0n) is 21.8. The summed E-state index contributed by atoms with van der Waals surface area (Å²) in [7, 11) is 0. The predicted molar refractivity (Wildman–Crippen MR) is 157 cm³/mol. The molecule has 4 atom stereocenters. The maximum absolute atomic E-state index is 14.4. The summed E-state index contributed by atoms with van der Waals surface area (Å²) < 4.78 is 6.31. The van der Waals surface area contributed by atoms with Crippen molar-refractivity contribution in [1.82, 2.24) is 0 Å². The van der Waals surface area contributed by atoms with Crippen molar-refractivity contribution in [2.24, 2.45) is 11.8 Å². The molecule has 0 unspecified atom stereocenters. The third-order valence-electron chi connectivity index (χ3n) is 8.19. The first-order valence-corrected chi connectivity index (χ1v) is 13.9. The highest BCUT2D eigenvalue weighted by Gasteiger charge is 2.65. The summed E-state index contributed by atoms with van der Waals surface area (Å²) in [6, 6.07) is 32.0. The Bertz CT molecular complexity index is 1650. The largest absolute Gasteiger partial charge is 0.451 e. The van der Waals surface area contributed by atoms with Gasteiger partial charge in [-0.15, -0.1) is 0 Å². The van der Waals surface area contributed by atoms with E-state index in [1.807, 2.05) is 102 Å². The molecule has 2 fully saturated rings. The minimum atomic E-state index is -1.02. The summed E-state index contributed by atoms with van der Waals surface area (Å²) in [6.07, 6.45) is 3.18. The third-order valence-corrected chi connectivity index (χ3v) is 8.51. The van der Waals surface area contributed by atoms with Gasteiger partial charge in [0.2, 0.25) is 11.8 Å². The number of rotatable bonds is 5. The predicted octanol–water partition coefficient (Wildman–Crippen LogP) is 6.06. The standard InChI is InChI=1S/C34H25ClN2O4/c35-24-16-8-10-18-26(24)37-32(38)28-27-20-19-21-11-7-9-17-25(21)36(27)30(29(28)33(37)39)34(40)41-31(22-12-3-1-4-13-22)23-14-5-2-6-15-23/h1-20,27-31H/t27-,28-,29-,30+/m1/s1. The van der Waals surface area contributed by atoms with Crippen LogP contribution in [0.3, 0.4) is 0 Å². The van der Waals surface area contributed by atoms with Crippen molar-refractivity contribution in [3.8, 4) is 0 Å². The molecule has 0 radical (unpaired) electrons. The van der Waals surface area contributed by atoms with Gasteiger partial charge in [0.1, 0.15) is 6.04 Å². The van der Waals surface area contributed by atoms with Crippen LogP contribution in [0.25, 0.3) is 6.08 Å². The molecule has 0 bridgehead atoms. The van der Waals surface area contributed by atoms with Crippen molar-refractivity contribution in [1.29, 1.82) is 0 Å². The number of ether oxygens (including phenoxy) is 1. The molecule has 4 aromatic rings. The summed E-state index contributed by atoms with van der Waals surface area (Å²) in [5.41, 5.74) is 3.64. The lowest BCUT2D eigenvalue weighted by molar-refractivity contribution is -0.151. The molecule has 4 aromatic carbocycles. The second kappa shape index (κ2) is 10.1. The van der Waals surface area contributed by atoms with Crippen molar-refractivity contribution >= 4 is 46.8 Å². The van der Waals surface area contributed by atoms with Gasteiger partial charge >= 0.3 is 5.97 Å². The Kier molecular flexibility index (Phi) is 6.20. The van der Waals surface area contributed by atoms with E-state index in [4.69, 9.17) is 16.3 Å². The second-order valence-electron chi connectivity index (χ2n) is 10.4. The SMILES string of the molecule is O=C(OC(c1ccccc1)c1ccccc1)[C@@H]1[C@@H]2C(=O)N(c3ccccc3Cl)C(=O)[C@@H]2[C@H]2C=Cc3ccccc3N21. The van der Waals surface area contributed by atoms with Crippen LogP contribution in [0.2, 0.25) is 5.02 Å². The molecule has 0 N–H and O–H groups in total. The summed E-state index contributed by atoms with van der Waals surface area (Å²) >= 11 is 6.44. The van der Waals surface area contributed by atoms with Crippen LogP contribution < -0.4 is 9.80 Å². The van der Waals surface area contributed by atoms with Gasteiger partial charge in [-0.05, 0) is 34.9 Å². The molecule has 41 heavy (non-hydrogen) atoms. The molecule has 0 saturated carbocycles. The smallest absolute Gasteiger partial charge is 0.330 e. The lowest BCUT2D eigenvalue weighted by Gasteiger charge is -2.36. The quantitative estimate of drug-likeness (QED) is 0.219. The Balaban J connectivity index is 1.33. The van der Waals surface area contributed by atoms with Crippen molar-refractivity contribution in [2.75, 3.05) is 9.80 Å². The van der Waals surface area contributed by atoms with E-state index in [1.54, 1.807) is 24.3 Å². The first-order chi connectivity index (χ1) is 20.0. The van der Waals surface area contributed by atoms with Gasteiger partial charge in [-0.1, -0.05) is 115 Å². The number of para-hydroxylation sites is 2. The Morgan fingerprint density at radius 1 is 0.707 bits per heavy atom. The minimum absolute atomic E-state index is 0.294. The van der Waals surface area contributed by atoms with E-state index >= 15 is 0 Å². The maximum atomic E-state index is 14.4. The average Bonchev–Trinajstić information content (AvgIpc) is 3.49. The van der Waals surface area contributed by atoms with Crippen LogP contribution in [0.15, 0.2) is 115 Å². The number of carbonyl (C=O) groups excluding carboxylic acids is 3. The molecule has 0 aliphatic carbocycles. The molecule has 2 saturated heterocycles. The third kappa shape index (κ3) is 4.06. The molecule has 6 nitrogen and oxygen atoms in total. The van der Waals surface area contributed by atoms with Gasteiger partial charge in [0, 0.05) is 5.69 Å². The summed E-state index contributed by atoms with van der Waals surface area (Å²) in [5, 5.41) is 0.294. The average molecular weight is 561 g/mol. The van der Waals surface area contributed by atoms with Crippen LogP contribution in [0.4, 0.5) is 11.4 Å². The topological polar surface area (TPSA) is 66.9 Å². The molecule has 202 valence electrons. The Hall–Kier alpha value is -4.68. The number of nitrogens with zero attached hydrogens (tertiary/aromatic N) is 2. The van der Waals surface area contributed by atoms with E-state index in [0.29, 0.717) is 10.7 Å². The van der Waals surface area contributed by atoms with E-state index in [9.17, 15) is 14.4 Å². The fraction of sp³-hybridized carbons (Fsp3) is 0.147. The van der Waals surface area contributed by atoms with Gasteiger partial charge in [0.05, 0.1) is 28.6 Å². The van der Waals surface area contributed by atoms with Crippen LogP contribution in [-0.4, -0.2) is 29.9 Å². The van der Waals surface area contributed by atoms with Crippen LogP contribution in [0.1, 0.15) is 22.8 Å². The highest BCUT2D eigenvalue weighted by atomic mass is 35.5. The number of fused-ring (bicyclic) bond motifs is 5. The molecule has 3 aliphatic rings. The normalized spacial score (nSPS) is 22.5. The molecule has 0 aromatic heterocycles. The van der Waals surface area contributed by atoms with Gasteiger partial charge in [0.15, 0.2) is 6.10 Å². The Labute approximate surface area is 242 Å². The number of amides is 2. The maximum Gasteiger partial charge on any atom is 0.330 e. The fourth-order valence-corrected chi connectivity index (χ4v) is 6.65. The van der Waals surface area contributed by atoms with Crippen LogP contribution in [0.5, 0.6) is 0 Å². The monoisotopic (exact) mass is 560 g/mol. The van der Waals surface area contributed by atoms with Crippen LogP contribution in [0, 0.1) is 11.8 Å². The molecular formula is C34H25ClN2O4. The summed E-state index contributed by atoms with van der Waals surface area (Å²) in [5.74, 6) is -3.10. The molecule has 7 heteroatoms. The van der Waals surface area contributed by atoms with Gasteiger partial charge in [-0.3, -0.25) is 9.59 Å². The van der Waals surface area contributed by atoms with Crippen LogP contribution >= 0.6 is 11.6 Å². The number of carbonyl (C=O) groups is 3. The summed E-state index contributed by atoms with van der Waals surface area (Å²) in [4.78, 5) is 45.5. The molecule has 3 heterocycles. The summed E-state index contributed by atoms with van der Waals surface area (Å²) in [6.45, 7) is 0. The molecule has 7 rings (SSSR count). The highest BCUT2D eigenvalue weighted by Crippen LogP contribution is 2.50. The highest BCUT2D eigenvalue weighted by molar-refractivity contribution is 6.36. The Morgan fingerprint density at radius 2 is 1.27 bits per heavy atom. The number of hydrogen-bond acceptors (Lipinski definition) is 5. The van der Waals surface area contributed by atoms with Crippen molar-refractivity contribution in [3.05, 3.63) is 137 Å². The number of anilines is 2. The van der Waals surface area contributed by atoms with E-state index in [0.717, 1.165) is 27.3 Å². The Morgan fingerprint density at radius 3 is 1.93 bits per heavy atom. The van der Waals surface area contributed by atoms with Gasteiger partial charge < -0.3 is 9.64 Å². The van der Waals surface area contributed by atoms with E-state index in [-0.39, 0.29) is 5.91 Å². The fourth-order valence-electron chi connectivity index (χ4n) is 6.42. The number of imide groups is 1. The van der Waals surface area contributed by atoms with Gasteiger partial charge in [-0.25, -0.2) is 9.69 Å². The van der Waals surface area contributed by atoms with Gasteiger partial charge in [-0.2, -0.15) is 0 Å². The molecule has 0 spiro atoms. The van der Waals surface area contributed by atoms with E-state index < -0.39 is 41.9 Å². The lowest BCUT2D eigenvalue weighted by atomic mass is 9.88. The minimum Gasteiger partial charge on any atom is -0.451 e. The number of esters is 1. The van der Waals surface area contributed by atoms with Crippen LogP contribution in [-0.2, 0) is 19.1 Å². The first-order valence-electron chi connectivity index (χ1n) is 13.5. The second-order valence-corrected chi connectivity index (χ2v) is 10.8. The van der Waals surface area contributed by atoms with E-state index in [1.165, 1.54) is 0 Å². The molecule has 2 amide bonds. The zero-order chi connectivity index (χ0) is 28.1. The van der Waals surface area contributed by atoms with Crippen molar-refractivity contribution in [3.63, 3.8) is 0 Å². The van der Waals surface area contributed by atoms with Crippen molar-refractivity contribution in [2.45, 2.75) is 18.2 Å². The molecule has 3 aliphatic heterocycles. The zero-order valence-corrected chi connectivity index (χ0v) is 22.6. The van der Waals surface area contributed by atoms with Gasteiger partial charge in [0.25, 0.3) is 0 Å². The molecular weight excluding hydrogens is 536 g/mol. The lowest BCUT2D eigenvalue weighted by Crippen LogP contribution is -2.49. The first kappa shape index (κ1) is 25.3. The number of halogens is 1. The number of hydrogen-bond donors (Lipinski definition) is 0.